The lowest BCUT2D eigenvalue weighted by atomic mass is 10.0. The van der Waals surface area contributed by atoms with Crippen LogP contribution in [-0.4, -0.2) is 12.1 Å². The molecule has 0 aliphatic carbocycles. The monoisotopic (exact) mass is 294 g/mol. The van der Waals surface area contributed by atoms with E-state index in [4.69, 9.17) is 0 Å². The summed E-state index contributed by atoms with van der Waals surface area (Å²) in [6.07, 6.45) is 0. The Morgan fingerprint density at radius 3 is 2.55 bits per heavy atom. The molecule has 1 atom stereocenters. The molecule has 1 aliphatic rings. The Kier molecular flexibility index (Phi) is 3.96. The lowest BCUT2D eigenvalue weighted by molar-refractivity contribution is 0.387. The van der Waals surface area contributed by atoms with Crippen molar-refractivity contribution in [1.29, 1.82) is 0 Å². The average molecular weight is 294 g/mol. The first-order valence-corrected chi connectivity index (χ1v) is 8.12. The molecule has 0 saturated heterocycles. The van der Waals surface area contributed by atoms with Gasteiger partial charge >= 0.3 is 0 Å². The van der Waals surface area contributed by atoms with E-state index in [0.717, 1.165) is 13.1 Å². The number of hydrogen-bond acceptors (Lipinski definition) is 2. The van der Waals surface area contributed by atoms with Crippen molar-refractivity contribution in [2.45, 2.75) is 45.8 Å². The molecule has 0 saturated carbocycles. The van der Waals surface area contributed by atoms with Gasteiger partial charge in [0.25, 0.3) is 0 Å². The van der Waals surface area contributed by atoms with Crippen LogP contribution in [0.1, 0.15) is 43.5 Å². The third kappa shape index (κ3) is 3.02. The maximum absolute atomic E-state index is 3.70. The number of nitrogens with one attached hydrogen (secondary N) is 1. The lowest BCUT2D eigenvalue weighted by Gasteiger charge is -2.36. The van der Waals surface area contributed by atoms with Crippen LogP contribution in [0.15, 0.2) is 48.5 Å². The fourth-order valence-corrected chi connectivity index (χ4v) is 3.29. The number of rotatable bonds is 2. The summed E-state index contributed by atoms with van der Waals surface area (Å²) in [5.41, 5.74) is 5.54. The van der Waals surface area contributed by atoms with E-state index in [-0.39, 0.29) is 5.54 Å². The zero-order valence-electron chi connectivity index (χ0n) is 14.1. The fraction of sp³-hybridized carbons (Fsp3) is 0.400. The number of benzene rings is 2. The van der Waals surface area contributed by atoms with Gasteiger partial charge in [-0.25, -0.2) is 0 Å². The normalized spacial score (nSPS) is 18.5. The zero-order chi connectivity index (χ0) is 15.7. The maximum Gasteiger partial charge on any atom is 0.0515 e. The van der Waals surface area contributed by atoms with Crippen LogP contribution >= 0.6 is 0 Å². The minimum Gasteiger partial charge on any atom is -0.363 e. The molecule has 2 heteroatoms. The van der Waals surface area contributed by atoms with E-state index in [0.29, 0.717) is 6.04 Å². The summed E-state index contributed by atoms with van der Waals surface area (Å²) in [6.45, 7) is 11.0. The number of anilines is 1. The van der Waals surface area contributed by atoms with E-state index < -0.39 is 0 Å². The molecule has 1 aliphatic heterocycles. The largest absolute Gasteiger partial charge is 0.363 e. The van der Waals surface area contributed by atoms with Gasteiger partial charge in [0.2, 0.25) is 0 Å². The first kappa shape index (κ1) is 15.1. The Hall–Kier alpha value is -1.80. The summed E-state index contributed by atoms with van der Waals surface area (Å²) in [6, 6.07) is 18.0. The van der Waals surface area contributed by atoms with Crippen molar-refractivity contribution in [3.63, 3.8) is 0 Å². The molecular formula is C20H26N2. The molecule has 0 bridgehead atoms. The van der Waals surface area contributed by atoms with E-state index in [2.05, 4.69) is 86.4 Å². The van der Waals surface area contributed by atoms with Crippen molar-refractivity contribution in [3.05, 3.63) is 65.2 Å². The zero-order valence-corrected chi connectivity index (χ0v) is 14.1. The molecular weight excluding hydrogens is 268 g/mol. The van der Waals surface area contributed by atoms with E-state index in [1.807, 2.05) is 0 Å². The minimum absolute atomic E-state index is 0.0932. The van der Waals surface area contributed by atoms with Crippen LogP contribution in [0, 0.1) is 6.92 Å². The predicted octanol–water partition coefficient (Wildman–Crippen LogP) is 4.44. The highest BCUT2D eigenvalue weighted by Gasteiger charge is 2.29. The molecule has 2 aromatic rings. The molecule has 1 heterocycles. The molecule has 1 unspecified atom stereocenters. The Morgan fingerprint density at radius 1 is 1.09 bits per heavy atom. The number of nitrogens with zero attached hydrogens (tertiary/aromatic N) is 1. The van der Waals surface area contributed by atoms with E-state index in [1.54, 1.807) is 0 Å². The van der Waals surface area contributed by atoms with E-state index >= 15 is 0 Å². The highest BCUT2D eigenvalue weighted by molar-refractivity contribution is 5.58. The standard InChI is InChI=1S/C20H26N2/c1-15-10-11-19-18(12-15)13-21-20(3,4)14-22(19)16(2)17-8-6-5-7-9-17/h5-12,16,21H,13-14H2,1-4H3. The molecule has 0 fully saturated rings. The lowest BCUT2D eigenvalue weighted by Crippen LogP contribution is -2.47. The molecule has 0 amide bonds. The van der Waals surface area contributed by atoms with E-state index in [1.165, 1.54) is 22.4 Å². The van der Waals surface area contributed by atoms with Crippen molar-refractivity contribution in [2.75, 3.05) is 11.4 Å². The fourth-order valence-electron chi connectivity index (χ4n) is 3.29. The summed E-state index contributed by atoms with van der Waals surface area (Å²) in [5.74, 6) is 0. The van der Waals surface area contributed by atoms with Crippen LogP contribution in [0.3, 0.4) is 0 Å². The van der Waals surface area contributed by atoms with Crippen LogP contribution in [0.2, 0.25) is 0 Å². The molecule has 3 rings (SSSR count). The highest BCUT2D eigenvalue weighted by Crippen LogP contribution is 2.34. The van der Waals surface area contributed by atoms with Gasteiger partial charge < -0.3 is 10.2 Å². The molecule has 2 aromatic carbocycles. The Bertz CT molecular complexity index is 646. The van der Waals surface area contributed by atoms with Crippen LogP contribution in [0.5, 0.6) is 0 Å². The van der Waals surface area contributed by atoms with Gasteiger partial charge in [-0.05, 0) is 44.9 Å². The van der Waals surface area contributed by atoms with Crippen molar-refractivity contribution >= 4 is 5.69 Å². The average Bonchev–Trinajstić information content (AvgIpc) is 2.64. The summed E-state index contributed by atoms with van der Waals surface area (Å²) in [7, 11) is 0. The van der Waals surface area contributed by atoms with Crippen LogP contribution in [0.4, 0.5) is 5.69 Å². The summed E-state index contributed by atoms with van der Waals surface area (Å²) < 4.78 is 0. The molecule has 2 nitrogen and oxygen atoms in total. The van der Waals surface area contributed by atoms with Gasteiger partial charge in [-0.2, -0.15) is 0 Å². The van der Waals surface area contributed by atoms with Gasteiger partial charge in [0.15, 0.2) is 0 Å². The SMILES string of the molecule is Cc1ccc2c(c1)CNC(C)(C)CN2C(C)c1ccccc1. The van der Waals surface area contributed by atoms with Crippen LogP contribution < -0.4 is 10.2 Å². The molecule has 0 radical (unpaired) electrons. The summed E-state index contributed by atoms with van der Waals surface area (Å²) >= 11 is 0. The van der Waals surface area contributed by atoms with Crippen molar-refractivity contribution < 1.29 is 0 Å². The maximum atomic E-state index is 3.70. The molecule has 1 N–H and O–H groups in total. The Labute approximate surface area is 134 Å². The Morgan fingerprint density at radius 2 is 1.82 bits per heavy atom. The van der Waals surface area contributed by atoms with Gasteiger partial charge in [0.05, 0.1) is 6.04 Å². The second-order valence-corrected chi connectivity index (χ2v) is 7.08. The molecule has 0 spiro atoms. The number of aryl methyl sites for hydroxylation is 1. The summed E-state index contributed by atoms with van der Waals surface area (Å²) in [4.78, 5) is 2.55. The second kappa shape index (κ2) is 5.77. The third-order valence-electron chi connectivity index (χ3n) is 4.62. The summed E-state index contributed by atoms with van der Waals surface area (Å²) in [5, 5.41) is 3.70. The quantitative estimate of drug-likeness (QED) is 0.880. The van der Waals surface area contributed by atoms with Crippen LogP contribution in [0.25, 0.3) is 0 Å². The minimum atomic E-state index is 0.0932. The molecule has 22 heavy (non-hydrogen) atoms. The second-order valence-electron chi connectivity index (χ2n) is 7.08. The smallest absolute Gasteiger partial charge is 0.0515 e. The molecule has 116 valence electrons. The van der Waals surface area contributed by atoms with Gasteiger partial charge in [-0.1, -0.05) is 48.0 Å². The van der Waals surface area contributed by atoms with E-state index in [9.17, 15) is 0 Å². The first-order chi connectivity index (χ1) is 10.5. The highest BCUT2D eigenvalue weighted by atomic mass is 15.2. The number of fused-ring (bicyclic) bond motifs is 1. The molecule has 0 aromatic heterocycles. The van der Waals surface area contributed by atoms with Gasteiger partial charge in [0, 0.05) is 24.3 Å². The van der Waals surface area contributed by atoms with Gasteiger partial charge in [-0.3, -0.25) is 0 Å². The third-order valence-corrected chi connectivity index (χ3v) is 4.62. The van der Waals surface area contributed by atoms with Gasteiger partial charge in [0.1, 0.15) is 0 Å². The van der Waals surface area contributed by atoms with Gasteiger partial charge in [-0.15, -0.1) is 0 Å². The van der Waals surface area contributed by atoms with Crippen molar-refractivity contribution in [3.8, 4) is 0 Å². The predicted molar refractivity (Wildman–Crippen MR) is 94.3 cm³/mol. The van der Waals surface area contributed by atoms with Crippen molar-refractivity contribution in [2.24, 2.45) is 0 Å². The van der Waals surface area contributed by atoms with Crippen LogP contribution in [-0.2, 0) is 6.54 Å². The Balaban J connectivity index is 2.04. The first-order valence-electron chi connectivity index (χ1n) is 8.12. The number of hydrogen-bond donors (Lipinski definition) is 1. The topological polar surface area (TPSA) is 15.3 Å². The van der Waals surface area contributed by atoms with Crippen molar-refractivity contribution in [1.82, 2.24) is 5.32 Å².